The molecular formula is C15H27N5. The van der Waals surface area contributed by atoms with Crippen LogP contribution >= 0.6 is 0 Å². The molecule has 0 bridgehead atoms. The summed E-state index contributed by atoms with van der Waals surface area (Å²) < 4.78 is 0. The van der Waals surface area contributed by atoms with Gasteiger partial charge in [0.15, 0.2) is 0 Å². The van der Waals surface area contributed by atoms with Gasteiger partial charge in [-0.3, -0.25) is 0 Å². The van der Waals surface area contributed by atoms with E-state index in [2.05, 4.69) is 46.3 Å². The van der Waals surface area contributed by atoms with E-state index in [1.165, 1.54) is 32.5 Å². The topological polar surface area (TPSA) is 53.1 Å². The monoisotopic (exact) mass is 277 g/mol. The molecule has 1 saturated heterocycles. The number of likely N-dealkylation sites (tertiary alicyclic amines) is 1. The fraction of sp³-hybridized carbons (Fsp3) is 0.733. The lowest BCUT2D eigenvalue weighted by molar-refractivity contribution is 0.294. The Bertz CT molecular complexity index is 415. The van der Waals surface area contributed by atoms with Crippen molar-refractivity contribution in [1.82, 2.24) is 14.9 Å². The maximum atomic E-state index is 4.35. The van der Waals surface area contributed by atoms with Gasteiger partial charge in [0.25, 0.3) is 0 Å². The highest BCUT2D eigenvalue weighted by Crippen LogP contribution is 2.18. The van der Waals surface area contributed by atoms with Gasteiger partial charge in [-0.2, -0.15) is 0 Å². The summed E-state index contributed by atoms with van der Waals surface area (Å²) in [5, 5.41) is 6.73. The van der Waals surface area contributed by atoms with Crippen molar-refractivity contribution in [2.75, 3.05) is 43.4 Å². The van der Waals surface area contributed by atoms with Crippen LogP contribution in [-0.2, 0) is 0 Å². The summed E-state index contributed by atoms with van der Waals surface area (Å²) in [4.78, 5) is 11.2. The second-order valence-electron chi connectivity index (χ2n) is 5.72. The van der Waals surface area contributed by atoms with Gasteiger partial charge in [-0.25, -0.2) is 9.97 Å². The van der Waals surface area contributed by atoms with Gasteiger partial charge >= 0.3 is 0 Å². The molecule has 2 N–H and O–H groups in total. The van der Waals surface area contributed by atoms with Crippen LogP contribution in [0.3, 0.4) is 0 Å². The fourth-order valence-corrected chi connectivity index (χ4v) is 2.72. The number of nitrogens with zero attached hydrogens (tertiary/aromatic N) is 3. The standard InChI is InChI=1S/C15H27N5/c1-4-16-14-13(3)15(19-11-18-14)17-9-12(2)10-20-7-5-6-8-20/h11-12H,4-10H2,1-3H3,(H2,16,17,18,19). The average Bonchev–Trinajstić information content (AvgIpc) is 2.93. The van der Waals surface area contributed by atoms with Crippen LogP contribution in [0.15, 0.2) is 6.33 Å². The van der Waals surface area contributed by atoms with Crippen molar-refractivity contribution in [3.8, 4) is 0 Å². The molecule has 112 valence electrons. The van der Waals surface area contributed by atoms with Crippen molar-refractivity contribution in [1.29, 1.82) is 0 Å². The molecule has 2 heterocycles. The quantitative estimate of drug-likeness (QED) is 0.801. The Morgan fingerprint density at radius 3 is 2.50 bits per heavy atom. The summed E-state index contributed by atoms with van der Waals surface area (Å²) >= 11 is 0. The molecule has 0 amide bonds. The van der Waals surface area contributed by atoms with Gasteiger partial charge in [-0.05, 0) is 45.7 Å². The van der Waals surface area contributed by atoms with Crippen molar-refractivity contribution in [3.63, 3.8) is 0 Å². The number of anilines is 2. The second-order valence-corrected chi connectivity index (χ2v) is 5.72. The first-order valence-electron chi connectivity index (χ1n) is 7.72. The predicted octanol–water partition coefficient (Wildman–Crippen LogP) is 2.36. The normalized spacial score (nSPS) is 17.1. The van der Waals surface area contributed by atoms with Crippen molar-refractivity contribution < 1.29 is 0 Å². The van der Waals surface area contributed by atoms with Crippen molar-refractivity contribution in [3.05, 3.63) is 11.9 Å². The van der Waals surface area contributed by atoms with E-state index >= 15 is 0 Å². The fourth-order valence-electron chi connectivity index (χ4n) is 2.72. The molecule has 1 aliphatic heterocycles. The van der Waals surface area contributed by atoms with E-state index in [1.807, 2.05) is 0 Å². The molecule has 20 heavy (non-hydrogen) atoms. The van der Waals surface area contributed by atoms with Crippen LogP contribution in [0.5, 0.6) is 0 Å². The molecule has 1 aromatic rings. The van der Waals surface area contributed by atoms with E-state index in [4.69, 9.17) is 0 Å². The number of hydrogen-bond acceptors (Lipinski definition) is 5. The Balaban J connectivity index is 1.84. The Morgan fingerprint density at radius 2 is 1.85 bits per heavy atom. The third-order valence-corrected chi connectivity index (χ3v) is 3.81. The summed E-state index contributed by atoms with van der Waals surface area (Å²) in [7, 11) is 0. The molecule has 5 heteroatoms. The zero-order chi connectivity index (χ0) is 14.4. The number of hydrogen-bond donors (Lipinski definition) is 2. The smallest absolute Gasteiger partial charge is 0.134 e. The maximum absolute atomic E-state index is 4.35. The molecule has 1 aromatic heterocycles. The first kappa shape index (κ1) is 15.0. The third-order valence-electron chi connectivity index (χ3n) is 3.81. The van der Waals surface area contributed by atoms with Gasteiger partial charge in [0.1, 0.15) is 18.0 Å². The molecule has 0 saturated carbocycles. The minimum Gasteiger partial charge on any atom is -0.370 e. The minimum atomic E-state index is 0.630. The summed E-state index contributed by atoms with van der Waals surface area (Å²) in [5.74, 6) is 2.51. The molecule has 1 atom stereocenters. The van der Waals surface area contributed by atoms with Crippen LogP contribution in [0, 0.1) is 12.8 Å². The van der Waals surface area contributed by atoms with Gasteiger partial charge in [-0.15, -0.1) is 0 Å². The predicted molar refractivity (Wildman–Crippen MR) is 84.3 cm³/mol. The van der Waals surface area contributed by atoms with E-state index in [0.29, 0.717) is 5.92 Å². The summed E-state index contributed by atoms with van der Waals surface area (Å²) in [5.41, 5.74) is 1.10. The van der Waals surface area contributed by atoms with Crippen LogP contribution in [0.4, 0.5) is 11.6 Å². The molecule has 0 spiro atoms. The van der Waals surface area contributed by atoms with E-state index < -0.39 is 0 Å². The molecule has 0 aromatic carbocycles. The summed E-state index contributed by atoms with van der Waals surface area (Å²) in [6, 6.07) is 0. The highest BCUT2D eigenvalue weighted by atomic mass is 15.1. The molecule has 1 aliphatic rings. The first-order valence-corrected chi connectivity index (χ1v) is 7.72. The molecule has 2 rings (SSSR count). The van der Waals surface area contributed by atoms with Crippen LogP contribution < -0.4 is 10.6 Å². The second kappa shape index (κ2) is 7.43. The van der Waals surface area contributed by atoms with E-state index in [9.17, 15) is 0 Å². The zero-order valence-electron chi connectivity index (χ0n) is 12.9. The SMILES string of the molecule is CCNc1ncnc(NCC(C)CN2CCCC2)c1C. The third kappa shape index (κ3) is 4.07. The van der Waals surface area contributed by atoms with Gasteiger partial charge in [0, 0.05) is 25.2 Å². The van der Waals surface area contributed by atoms with Crippen molar-refractivity contribution >= 4 is 11.6 Å². The van der Waals surface area contributed by atoms with Crippen LogP contribution in [0.2, 0.25) is 0 Å². The zero-order valence-corrected chi connectivity index (χ0v) is 12.9. The first-order chi connectivity index (χ1) is 9.70. The minimum absolute atomic E-state index is 0.630. The van der Waals surface area contributed by atoms with E-state index in [0.717, 1.165) is 30.3 Å². The largest absolute Gasteiger partial charge is 0.370 e. The van der Waals surface area contributed by atoms with Crippen molar-refractivity contribution in [2.45, 2.75) is 33.6 Å². The Labute approximate surface area is 122 Å². The van der Waals surface area contributed by atoms with Gasteiger partial charge in [-0.1, -0.05) is 6.92 Å². The van der Waals surface area contributed by atoms with E-state index in [-0.39, 0.29) is 0 Å². The van der Waals surface area contributed by atoms with Crippen molar-refractivity contribution in [2.24, 2.45) is 5.92 Å². The molecular weight excluding hydrogens is 250 g/mol. The van der Waals surface area contributed by atoms with Gasteiger partial charge in [0.05, 0.1) is 0 Å². The summed E-state index contributed by atoms with van der Waals surface area (Å²) in [6.45, 7) is 12.0. The van der Waals surface area contributed by atoms with Crippen LogP contribution in [0.25, 0.3) is 0 Å². The molecule has 1 unspecified atom stereocenters. The molecule has 0 radical (unpaired) electrons. The highest BCUT2D eigenvalue weighted by molar-refractivity contribution is 5.56. The average molecular weight is 277 g/mol. The van der Waals surface area contributed by atoms with Crippen LogP contribution in [0.1, 0.15) is 32.3 Å². The van der Waals surface area contributed by atoms with E-state index in [1.54, 1.807) is 6.33 Å². The highest BCUT2D eigenvalue weighted by Gasteiger charge is 2.15. The lowest BCUT2D eigenvalue weighted by Crippen LogP contribution is -2.29. The van der Waals surface area contributed by atoms with Gasteiger partial charge in [0.2, 0.25) is 0 Å². The number of rotatable bonds is 7. The number of nitrogens with one attached hydrogen (secondary N) is 2. The number of aromatic nitrogens is 2. The lowest BCUT2D eigenvalue weighted by Gasteiger charge is -2.21. The Morgan fingerprint density at radius 1 is 1.20 bits per heavy atom. The Hall–Kier alpha value is -1.36. The lowest BCUT2D eigenvalue weighted by atomic mass is 10.1. The maximum Gasteiger partial charge on any atom is 0.134 e. The Kier molecular flexibility index (Phi) is 5.59. The molecule has 1 fully saturated rings. The molecule has 0 aliphatic carbocycles. The molecule has 5 nitrogen and oxygen atoms in total. The summed E-state index contributed by atoms with van der Waals surface area (Å²) in [6.07, 6.45) is 4.34. The van der Waals surface area contributed by atoms with Gasteiger partial charge < -0.3 is 15.5 Å². The van der Waals surface area contributed by atoms with Crippen LogP contribution in [-0.4, -0.2) is 47.6 Å².